The Bertz CT molecular complexity index is 456. The van der Waals surface area contributed by atoms with Gasteiger partial charge in [0.2, 0.25) is 0 Å². The molecule has 0 heterocycles. The Labute approximate surface area is 212 Å². The molecule has 0 saturated heterocycles. The smallest absolute Gasteiger partial charge is 0.0642 e. The topological polar surface area (TPSA) is 64.7 Å². The SMILES string of the molecule is CCCCCCCC[Se]CCNC(=O)CCN(CCC(=O)NCC[Se])CCN(C)CCC. The normalized spacial score (nSPS) is 11.3. The monoisotopic (exact) mass is 585 g/mol. The van der Waals surface area contributed by atoms with Gasteiger partial charge < -0.3 is 0 Å². The van der Waals surface area contributed by atoms with Crippen molar-refractivity contribution in [3.05, 3.63) is 0 Å². The zero-order valence-corrected chi connectivity index (χ0v) is 24.4. The van der Waals surface area contributed by atoms with Crippen LogP contribution in [0.3, 0.4) is 0 Å². The molecule has 8 heteroatoms. The molecule has 0 saturated carbocycles. The van der Waals surface area contributed by atoms with Crippen LogP contribution in [0.2, 0.25) is 16.0 Å². The molecular weight excluding hydrogens is 534 g/mol. The minimum atomic E-state index is 0.0872. The Hall–Kier alpha value is -0.101. The first-order valence-electron chi connectivity index (χ1n) is 12.6. The third-order valence-corrected chi connectivity index (χ3v) is 8.02. The molecule has 0 bridgehead atoms. The van der Waals surface area contributed by atoms with Crippen LogP contribution in [0.4, 0.5) is 0 Å². The van der Waals surface area contributed by atoms with E-state index >= 15 is 0 Å². The van der Waals surface area contributed by atoms with Crippen molar-refractivity contribution in [1.29, 1.82) is 0 Å². The first-order valence-corrected chi connectivity index (χ1v) is 16.3. The van der Waals surface area contributed by atoms with E-state index in [-0.39, 0.29) is 11.8 Å². The maximum absolute atomic E-state index is 12.3. The van der Waals surface area contributed by atoms with Crippen LogP contribution in [0.5, 0.6) is 0 Å². The molecule has 6 nitrogen and oxygen atoms in total. The summed E-state index contributed by atoms with van der Waals surface area (Å²) in [5.74, 6) is 0.224. The van der Waals surface area contributed by atoms with E-state index in [2.05, 4.69) is 57.3 Å². The molecule has 2 amide bonds. The molecule has 0 aromatic heterocycles. The summed E-state index contributed by atoms with van der Waals surface area (Å²) in [7, 11) is 2.13. The van der Waals surface area contributed by atoms with Crippen LogP contribution in [-0.2, 0) is 9.59 Å². The van der Waals surface area contributed by atoms with Crippen LogP contribution in [0.1, 0.15) is 71.6 Å². The van der Waals surface area contributed by atoms with Gasteiger partial charge in [-0.2, -0.15) is 0 Å². The van der Waals surface area contributed by atoms with Gasteiger partial charge in [-0.1, -0.05) is 6.92 Å². The summed E-state index contributed by atoms with van der Waals surface area (Å²) in [6.45, 7) is 10.3. The van der Waals surface area contributed by atoms with Crippen molar-refractivity contribution >= 4 is 42.8 Å². The maximum atomic E-state index is 12.3. The van der Waals surface area contributed by atoms with Crippen LogP contribution in [0.25, 0.3) is 0 Å². The fourth-order valence-electron chi connectivity index (χ4n) is 3.38. The van der Waals surface area contributed by atoms with E-state index in [9.17, 15) is 9.59 Å². The molecule has 2 N–H and O–H groups in total. The molecular formula is C24H49N4O2Se2. The Morgan fingerprint density at radius 3 is 2.00 bits per heavy atom. The van der Waals surface area contributed by atoms with Gasteiger partial charge in [-0.3, -0.25) is 0 Å². The molecule has 0 aromatic carbocycles. The fourth-order valence-corrected chi connectivity index (χ4v) is 5.39. The van der Waals surface area contributed by atoms with Crippen molar-refractivity contribution in [1.82, 2.24) is 20.4 Å². The number of carbonyl (C=O) groups excluding carboxylic acids is 2. The summed E-state index contributed by atoms with van der Waals surface area (Å²) >= 11 is 3.56. The number of nitrogens with one attached hydrogen (secondary N) is 2. The van der Waals surface area contributed by atoms with Crippen LogP contribution in [0, 0.1) is 0 Å². The molecule has 0 fully saturated rings. The molecule has 0 aliphatic heterocycles. The number of amides is 2. The van der Waals surface area contributed by atoms with Gasteiger partial charge >= 0.3 is 206 Å². The van der Waals surface area contributed by atoms with Crippen molar-refractivity contribution in [2.75, 3.05) is 52.9 Å². The predicted octanol–water partition coefficient (Wildman–Crippen LogP) is 3.13. The van der Waals surface area contributed by atoms with Gasteiger partial charge in [-0.15, -0.1) is 0 Å². The molecule has 32 heavy (non-hydrogen) atoms. The van der Waals surface area contributed by atoms with Crippen molar-refractivity contribution < 1.29 is 9.59 Å². The molecule has 0 aliphatic rings. The Morgan fingerprint density at radius 1 is 0.750 bits per heavy atom. The van der Waals surface area contributed by atoms with Gasteiger partial charge in [0, 0.05) is 0 Å². The van der Waals surface area contributed by atoms with E-state index in [0.29, 0.717) is 47.4 Å². The van der Waals surface area contributed by atoms with Gasteiger partial charge in [0.1, 0.15) is 0 Å². The zero-order chi connectivity index (χ0) is 23.9. The summed E-state index contributed by atoms with van der Waals surface area (Å²) in [5, 5.41) is 9.31. The van der Waals surface area contributed by atoms with Gasteiger partial charge in [-0.05, 0) is 0 Å². The number of likely N-dealkylation sites (N-methyl/N-ethyl adjacent to an activating group) is 1. The molecule has 0 atom stereocenters. The number of rotatable bonds is 23. The van der Waals surface area contributed by atoms with Crippen molar-refractivity contribution in [2.45, 2.75) is 87.6 Å². The number of hydrogen-bond acceptors (Lipinski definition) is 4. The quantitative estimate of drug-likeness (QED) is 0.143. The first-order chi connectivity index (χ1) is 15.5. The van der Waals surface area contributed by atoms with E-state index in [1.807, 2.05) is 0 Å². The molecule has 0 unspecified atom stereocenters. The van der Waals surface area contributed by atoms with E-state index in [1.165, 1.54) is 43.8 Å². The minimum Gasteiger partial charge on any atom is -0.0642 e. The standard InChI is InChI=1S/C24H49N4O2Se2/c1-4-6-7-8-9-10-21-32-22-14-26-24(30)12-17-28(19-18-27(3)15-5-2)16-11-23(29)25-13-20-31/h4-22H2,1-3H3,(H,25,29)(H,26,30). The molecule has 0 spiro atoms. The van der Waals surface area contributed by atoms with E-state index in [0.717, 1.165) is 43.2 Å². The van der Waals surface area contributed by atoms with E-state index in [4.69, 9.17) is 0 Å². The van der Waals surface area contributed by atoms with Crippen LogP contribution >= 0.6 is 0 Å². The van der Waals surface area contributed by atoms with Gasteiger partial charge in [0.05, 0.1) is 0 Å². The summed E-state index contributed by atoms with van der Waals surface area (Å²) in [4.78, 5) is 28.8. The average molecular weight is 584 g/mol. The van der Waals surface area contributed by atoms with E-state index < -0.39 is 0 Å². The zero-order valence-electron chi connectivity index (χ0n) is 21.0. The fraction of sp³-hybridized carbons (Fsp3) is 0.917. The Balaban J connectivity index is 4.03. The molecule has 0 rings (SSSR count). The molecule has 189 valence electrons. The third-order valence-electron chi connectivity index (χ3n) is 5.35. The Morgan fingerprint density at radius 2 is 1.38 bits per heavy atom. The molecule has 0 aromatic rings. The number of hydrogen-bond donors (Lipinski definition) is 2. The summed E-state index contributed by atoms with van der Waals surface area (Å²) < 4.78 is 0. The van der Waals surface area contributed by atoms with Crippen molar-refractivity contribution in [2.24, 2.45) is 0 Å². The molecule has 1 radical (unpaired) electrons. The third kappa shape index (κ3) is 21.7. The number of carbonyl (C=O) groups is 2. The van der Waals surface area contributed by atoms with Crippen molar-refractivity contribution in [3.8, 4) is 0 Å². The predicted molar refractivity (Wildman–Crippen MR) is 139 cm³/mol. The summed E-state index contributed by atoms with van der Waals surface area (Å²) in [6.07, 6.45) is 10.3. The second-order valence-corrected chi connectivity index (χ2v) is 11.9. The van der Waals surface area contributed by atoms with Crippen LogP contribution in [0.15, 0.2) is 0 Å². The number of unbranched alkanes of at least 4 members (excludes halogenated alkanes) is 5. The van der Waals surface area contributed by atoms with Crippen molar-refractivity contribution in [3.63, 3.8) is 0 Å². The summed E-state index contributed by atoms with van der Waals surface area (Å²) in [5.41, 5.74) is 0. The van der Waals surface area contributed by atoms with Crippen LogP contribution in [-0.4, -0.2) is 105 Å². The van der Waals surface area contributed by atoms with Gasteiger partial charge in [-0.25, -0.2) is 0 Å². The van der Waals surface area contributed by atoms with Gasteiger partial charge in [0.25, 0.3) is 0 Å². The Kier molecular flexibility index (Phi) is 24.0. The molecule has 0 aliphatic carbocycles. The van der Waals surface area contributed by atoms with Crippen LogP contribution < -0.4 is 10.6 Å². The second-order valence-electron chi connectivity index (χ2n) is 8.43. The number of nitrogens with zero attached hydrogens (tertiary/aromatic N) is 2. The first kappa shape index (κ1) is 31.9. The van der Waals surface area contributed by atoms with E-state index in [1.54, 1.807) is 0 Å². The van der Waals surface area contributed by atoms with Gasteiger partial charge in [0.15, 0.2) is 0 Å². The second kappa shape index (κ2) is 24.0. The average Bonchev–Trinajstić information content (AvgIpc) is 2.78. The summed E-state index contributed by atoms with van der Waals surface area (Å²) in [6, 6.07) is 0. The minimum absolute atomic E-state index is 0.0872.